The minimum atomic E-state index is -4.44. The molecule has 0 radical (unpaired) electrons. The van der Waals surface area contributed by atoms with Crippen LogP contribution in [0.15, 0.2) is 88.8 Å². The number of benzene rings is 3. The standard InChI is InChI=1S/C22H15F3N2OS/c23-22(24,25)18-12-6-4-8-15(18)14-29-21-26-19-13-7-5-11-17(19)20(28)27(21)16-9-2-1-3-10-16/h1-13H,14H2. The fraction of sp³-hybridized carbons (Fsp3) is 0.0909. The summed E-state index contributed by atoms with van der Waals surface area (Å²) in [6.07, 6.45) is -4.44. The van der Waals surface area contributed by atoms with Gasteiger partial charge in [-0.3, -0.25) is 9.36 Å². The number of thioether (sulfide) groups is 1. The monoisotopic (exact) mass is 412 g/mol. The number of alkyl halides is 3. The highest BCUT2D eigenvalue weighted by atomic mass is 32.2. The molecule has 0 bridgehead atoms. The molecule has 4 aromatic rings. The first-order valence-electron chi connectivity index (χ1n) is 8.80. The maximum atomic E-state index is 13.3. The zero-order valence-corrected chi connectivity index (χ0v) is 15.9. The summed E-state index contributed by atoms with van der Waals surface area (Å²) in [6.45, 7) is 0. The molecule has 0 unspecified atom stereocenters. The molecule has 1 aromatic heterocycles. The van der Waals surface area contributed by atoms with Crippen LogP contribution in [-0.2, 0) is 11.9 Å². The van der Waals surface area contributed by atoms with Crippen LogP contribution in [-0.4, -0.2) is 9.55 Å². The van der Waals surface area contributed by atoms with Crippen molar-refractivity contribution in [3.05, 3.63) is 100 Å². The number of fused-ring (bicyclic) bond motifs is 1. The van der Waals surface area contributed by atoms with Crippen molar-refractivity contribution < 1.29 is 13.2 Å². The fourth-order valence-electron chi connectivity index (χ4n) is 3.08. The van der Waals surface area contributed by atoms with Gasteiger partial charge in [0.05, 0.1) is 22.2 Å². The highest BCUT2D eigenvalue weighted by Gasteiger charge is 2.32. The smallest absolute Gasteiger partial charge is 0.268 e. The highest BCUT2D eigenvalue weighted by Crippen LogP contribution is 2.34. The molecule has 0 saturated heterocycles. The van der Waals surface area contributed by atoms with Crippen LogP contribution in [0, 0.1) is 0 Å². The SMILES string of the molecule is O=c1c2ccccc2nc(SCc2ccccc2C(F)(F)F)n1-c1ccccc1. The predicted octanol–water partition coefficient (Wildman–Crippen LogP) is 5.70. The number of nitrogens with zero attached hydrogens (tertiary/aromatic N) is 2. The minimum absolute atomic E-state index is 0.0350. The fourth-order valence-corrected chi connectivity index (χ4v) is 4.10. The van der Waals surface area contributed by atoms with Crippen LogP contribution in [0.2, 0.25) is 0 Å². The van der Waals surface area contributed by atoms with E-state index in [0.29, 0.717) is 21.7 Å². The zero-order valence-electron chi connectivity index (χ0n) is 15.1. The van der Waals surface area contributed by atoms with Crippen LogP contribution in [0.5, 0.6) is 0 Å². The summed E-state index contributed by atoms with van der Waals surface area (Å²) in [6, 6.07) is 21.4. The Morgan fingerprint density at radius 2 is 1.52 bits per heavy atom. The number of aromatic nitrogens is 2. The van der Waals surface area contributed by atoms with E-state index in [1.165, 1.54) is 16.7 Å². The average Bonchev–Trinajstić information content (AvgIpc) is 2.72. The summed E-state index contributed by atoms with van der Waals surface area (Å²) in [5, 5.41) is 0.799. The van der Waals surface area contributed by atoms with Crippen molar-refractivity contribution in [3.63, 3.8) is 0 Å². The molecular formula is C22H15F3N2OS. The van der Waals surface area contributed by atoms with E-state index in [2.05, 4.69) is 4.98 Å². The summed E-state index contributed by atoms with van der Waals surface area (Å²) >= 11 is 1.11. The Hall–Kier alpha value is -3.06. The van der Waals surface area contributed by atoms with Gasteiger partial charge in [0.15, 0.2) is 5.16 Å². The molecule has 0 saturated carbocycles. The van der Waals surface area contributed by atoms with Gasteiger partial charge in [-0.25, -0.2) is 4.98 Å². The number of hydrogen-bond acceptors (Lipinski definition) is 3. The number of para-hydroxylation sites is 2. The largest absolute Gasteiger partial charge is 0.416 e. The molecule has 0 fully saturated rings. The lowest BCUT2D eigenvalue weighted by molar-refractivity contribution is -0.138. The lowest BCUT2D eigenvalue weighted by atomic mass is 10.1. The molecule has 0 aliphatic heterocycles. The molecule has 0 aliphatic carbocycles. The second-order valence-electron chi connectivity index (χ2n) is 6.33. The Morgan fingerprint density at radius 3 is 2.28 bits per heavy atom. The topological polar surface area (TPSA) is 34.9 Å². The van der Waals surface area contributed by atoms with E-state index in [1.54, 1.807) is 54.6 Å². The Bertz CT molecular complexity index is 1220. The van der Waals surface area contributed by atoms with E-state index in [1.807, 2.05) is 6.07 Å². The van der Waals surface area contributed by atoms with Crippen molar-refractivity contribution in [3.8, 4) is 5.69 Å². The summed E-state index contributed by atoms with van der Waals surface area (Å²) in [4.78, 5) is 17.7. The molecule has 0 aliphatic rings. The molecule has 3 aromatic carbocycles. The molecular weight excluding hydrogens is 397 g/mol. The molecule has 146 valence electrons. The van der Waals surface area contributed by atoms with Crippen molar-refractivity contribution in [2.75, 3.05) is 0 Å². The van der Waals surface area contributed by atoms with E-state index in [9.17, 15) is 18.0 Å². The van der Waals surface area contributed by atoms with Gasteiger partial charge < -0.3 is 0 Å². The van der Waals surface area contributed by atoms with Gasteiger partial charge in [0, 0.05) is 5.75 Å². The third kappa shape index (κ3) is 3.91. The molecule has 29 heavy (non-hydrogen) atoms. The molecule has 0 atom stereocenters. The first-order chi connectivity index (χ1) is 13.9. The van der Waals surface area contributed by atoms with E-state index < -0.39 is 11.7 Å². The first-order valence-corrected chi connectivity index (χ1v) is 9.79. The van der Waals surface area contributed by atoms with Gasteiger partial charge in [0.2, 0.25) is 0 Å². The van der Waals surface area contributed by atoms with Crippen molar-refractivity contribution in [1.82, 2.24) is 9.55 Å². The van der Waals surface area contributed by atoms with Crippen LogP contribution in [0.25, 0.3) is 16.6 Å². The van der Waals surface area contributed by atoms with Crippen molar-refractivity contribution >= 4 is 22.7 Å². The molecule has 4 rings (SSSR count). The van der Waals surface area contributed by atoms with E-state index in [-0.39, 0.29) is 16.9 Å². The van der Waals surface area contributed by atoms with Crippen molar-refractivity contribution in [2.24, 2.45) is 0 Å². The number of hydrogen-bond donors (Lipinski definition) is 0. The summed E-state index contributed by atoms with van der Waals surface area (Å²) in [5.74, 6) is 0.0350. The lowest BCUT2D eigenvalue weighted by Crippen LogP contribution is -2.21. The lowest BCUT2D eigenvalue weighted by Gasteiger charge is -2.15. The molecule has 0 amide bonds. The Kier molecular flexibility index (Phi) is 5.15. The van der Waals surface area contributed by atoms with E-state index >= 15 is 0 Å². The molecule has 7 heteroatoms. The quantitative estimate of drug-likeness (QED) is 0.319. The predicted molar refractivity (Wildman–Crippen MR) is 108 cm³/mol. The van der Waals surface area contributed by atoms with Gasteiger partial charge in [-0.05, 0) is 35.9 Å². The third-order valence-corrected chi connectivity index (χ3v) is 5.43. The van der Waals surface area contributed by atoms with Gasteiger partial charge in [-0.1, -0.05) is 60.3 Å². The summed E-state index contributed by atoms with van der Waals surface area (Å²) in [7, 11) is 0. The normalized spacial score (nSPS) is 11.7. The Balaban J connectivity index is 1.81. The van der Waals surface area contributed by atoms with Gasteiger partial charge in [-0.15, -0.1) is 0 Å². The first kappa shape index (κ1) is 19.3. The summed E-state index contributed by atoms with van der Waals surface area (Å²) in [5.41, 5.74) is 0.334. The highest BCUT2D eigenvalue weighted by molar-refractivity contribution is 7.98. The third-order valence-electron chi connectivity index (χ3n) is 4.44. The van der Waals surface area contributed by atoms with Crippen molar-refractivity contribution in [1.29, 1.82) is 0 Å². The Morgan fingerprint density at radius 1 is 0.862 bits per heavy atom. The van der Waals surface area contributed by atoms with Crippen LogP contribution in [0.1, 0.15) is 11.1 Å². The molecule has 0 N–H and O–H groups in total. The number of rotatable bonds is 4. The van der Waals surface area contributed by atoms with Crippen LogP contribution < -0.4 is 5.56 Å². The minimum Gasteiger partial charge on any atom is -0.268 e. The maximum Gasteiger partial charge on any atom is 0.416 e. The number of halogens is 3. The molecule has 1 heterocycles. The van der Waals surface area contributed by atoms with Gasteiger partial charge in [-0.2, -0.15) is 13.2 Å². The van der Waals surface area contributed by atoms with Gasteiger partial charge in [0.1, 0.15) is 0 Å². The average molecular weight is 412 g/mol. The van der Waals surface area contributed by atoms with Crippen LogP contribution in [0.4, 0.5) is 13.2 Å². The van der Waals surface area contributed by atoms with Crippen LogP contribution >= 0.6 is 11.8 Å². The maximum absolute atomic E-state index is 13.3. The van der Waals surface area contributed by atoms with E-state index in [0.717, 1.165) is 17.8 Å². The second-order valence-corrected chi connectivity index (χ2v) is 7.27. The zero-order chi connectivity index (χ0) is 20.4. The summed E-state index contributed by atoms with van der Waals surface area (Å²) < 4.78 is 41.4. The van der Waals surface area contributed by atoms with Gasteiger partial charge >= 0.3 is 6.18 Å². The molecule has 0 spiro atoms. The molecule has 3 nitrogen and oxygen atoms in total. The van der Waals surface area contributed by atoms with E-state index in [4.69, 9.17) is 0 Å². The Labute approximate surface area is 168 Å². The van der Waals surface area contributed by atoms with Crippen LogP contribution in [0.3, 0.4) is 0 Å². The van der Waals surface area contributed by atoms with Gasteiger partial charge in [0.25, 0.3) is 5.56 Å². The second kappa shape index (κ2) is 7.75. The van der Waals surface area contributed by atoms with Crippen molar-refractivity contribution in [2.45, 2.75) is 17.1 Å².